The maximum absolute atomic E-state index is 10.7. The van der Waals surface area contributed by atoms with Crippen molar-refractivity contribution in [1.82, 2.24) is 5.32 Å². The molecule has 0 aliphatic heterocycles. The number of benzene rings is 1. The zero-order chi connectivity index (χ0) is 15.0. The fourth-order valence-corrected chi connectivity index (χ4v) is 1.72. The number of hydrogen-bond acceptors (Lipinski definition) is 3. The minimum absolute atomic E-state index is 0.0434. The van der Waals surface area contributed by atoms with Crippen LogP contribution in [0.25, 0.3) is 6.08 Å². The van der Waals surface area contributed by atoms with Crippen molar-refractivity contribution in [2.75, 3.05) is 13.7 Å². The van der Waals surface area contributed by atoms with E-state index in [9.17, 15) is 9.59 Å². The molecule has 0 spiro atoms. The SMILES string of the molecule is COc1cc(C=CCCNC(C)=O)ccc1CC(=O)O. The van der Waals surface area contributed by atoms with E-state index in [1.807, 2.05) is 18.2 Å². The molecule has 0 unspecified atom stereocenters. The molecule has 0 atom stereocenters. The van der Waals surface area contributed by atoms with Crippen LogP contribution in [-0.4, -0.2) is 30.6 Å². The Bertz CT molecular complexity index is 509. The molecule has 1 aromatic carbocycles. The van der Waals surface area contributed by atoms with E-state index in [0.29, 0.717) is 17.9 Å². The lowest BCUT2D eigenvalue weighted by atomic mass is 10.1. The Hall–Kier alpha value is -2.30. The number of nitrogens with one attached hydrogen (secondary N) is 1. The number of aliphatic carboxylic acids is 1. The van der Waals surface area contributed by atoms with Crippen molar-refractivity contribution in [3.63, 3.8) is 0 Å². The van der Waals surface area contributed by atoms with Gasteiger partial charge in [-0.1, -0.05) is 24.3 Å². The van der Waals surface area contributed by atoms with Gasteiger partial charge in [-0.3, -0.25) is 9.59 Å². The Morgan fingerprint density at radius 1 is 1.40 bits per heavy atom. The van der Waals surface area contributed by atoms with Crippen LogP contribution in [0.4, 0.5) is 0 Å². The molecule has 0 aliphatic rings. The molecule has 20 heavy (non-hydrogen) atoms. The first-order valence-corrected chi connectivity index (χ1v) is 6.32. The third-order valence-corrected chi connectivity index (χ3v) is 2.65. The summed E-state index contributed by atoms with van der Waals surface area (Å²) in [6.07, 6.45) is 4.53. The molecule has 1 aromatic rings. The lowest BCUT2D eigenvalue weighted by Crippen LogP contribution is -2.20. The van der Waals surface area contributed by atoms with E-state index in [0.717, 1.165) is 12.0 Å². The van der Waals surface area contributed by atoms with Gasteiger partial charge in [0.25, 0.3) is 0 Å². The summed E-state index contributed by atoms with van der Waals surface area (Å²) in [5.74, 6) is -0.364. The molecular formula is C15H19NO4. The van der Waals surface area contributed by atoms with E-state index >= 15 is 0 Å². The smallest absolute Gasteiger partial charge is 0.307 e. The fourth-order valence-electron chi connectivity index (χ4n) is 1.72. The highest BCUT2D eigenvalue weighted by Crippen LogP contribution is 2.21. The van der Waals surface area contributed by atoms with Crippen molar-refractivity contribution in [3.8, 4) is 5.75 Å². The van der Waals surface area contributed by atoms with Gasteiger partial charge in [0.15, 0.2) is 0 Å². The molecule has 1 amide bonds. The van der Waals surface area contributed by atoms with E-state index in [-0.39, 0.29) is 12.3 Å². The zero-order valence-electron chi connectivity index (χ0n) is 11.7. The zero-order valence-corrected chi connectivity index (χ0v) is 11.7. The van der Waals surface area contributed by atoms with Gasteiger partial charge in [-0.25, -0.2) is 0 Å². The maximum atomic E-state index is 10.7. The predicted octanol–water partition coefficient (Wildman–Crippen LogP) is 1.86. The number of ether oxygens (including phenoxy) is 1. The van der Waals surface area contributed by atoms with Gasteiger partial charge >= 0.3 is 5.97 Å². The summed E-state index contributed by atoms with van der Waals surface area (Å²) in [4.78, 5) is 21.4. The average molecular weight is 277 g/mol. The minimum atomic E-state index is -0.887. The van der Waals surface area contributed by atoms with Gasteiger partial charge in [-0.15, -0.1) is 0 Å². The largest absolute Gasteiger partial charge is 0.496 e. The highest BCUT2D eigenvalue weighted by Gasteiger charge is 2.07. The molecule has 108 valence electrons. The first-order valence-electron chi connectivity index (χ1n) is 6.32. The molecule has 0 bridgehead atoms. The second-order valence-corrected chi connectivity index (χ2v) is 4.32. The summed E-state index contributed by atoms with van der Waals surface area (Å²) < 4.78 is 5.19. The number of carboxylic acids is 1. The highest BCUT2D eigenvalue weighted by molar-refractivity contribution is 5.73. The Morgan fingerprint density at radius 2 is 2.15 bits per heavy atom. The second kappa shape index (κ2) is 7.99. The Kier molecular flexibility index (Phi) is 6.29. The second-order valence-electron chi connectivity index (χ2n) is 4.32. The van der Waals surface area contributed by atoms with Crippen molar-refractivity contribution in [2.45, 2.75) is 19.8 Å². The van der Waals surface area contributed by atoms with Gasteiger partial charge in [0.2, 0.25) is 5.91 Å². The lowest BCUT2D eigenvalue weighted by molar-refractivity contribution is -0.136. The molecule has 0 aliphatic carbocycles. The summed E-state index contributed by atoms with van der Waals surface area (Å²) in [5.41, 5.74) is 1.58. The molecule has 0 saturated heterocycles. The molecule has 2 N–H and O–H groups in total. The molecular weight excluding hydrogens is 258 g/mol. The summed E-state index contributed by atoms with van der Waals surface area (Å²) in [5, 5.41) is 11.5. The van der Waals surface area contributed by atoms with Crippen molar-refractivity contribution >= 4 is 18.0 Å². The summed E-state index contributed by atoms with van der Waals surface area (Å²) >= 11 is 0. The summed E-state index contributed by atoms with van der Waals surface area (Å²) in [6.45, 7) is 2.08. The van der Waals surface area contributed by atoms with E-state index in [1.54, 1.807) is 12.1 Å². The number of rotatable bonds is 7. The van der Waals surface area contributed by atoms with Gasteiger partial charge in [0, 0.05) is 19.0 Å². The Balaban J connectivity index is 2.65. The minimum Gasteiger partial charge on any atom is -0.496 e. The Labute approximate surface area is 118 Å². The van der Waals surface area contributed by atoms with E-state index in [2.05, 4.69) is 5.32 Å². The molecule has 5 nitrogen and oxygen atoms in total. The van der Waals surface area contributed by atoms with Crippen LogP contribution in [-0.2, 0) is 16.0 Å². The van der Waals surface area contributed by atoms with Crippen molar-refractivity contribution in [1.29, 1.82) is 0 Å². The normalized spacial score (nSPS) is 10.5. The van der Waals surface area contributed by atoms with E-state index in [4.69, 9.17) is 9.84 Å². The Morgan fingerprint density at radius 3 is 2.75 bits per heavy atom. The summed E-state index contributed by atoms with van der Waals surface area (Å²) in [7, 11) is 1.52. The number of methoxy groups -OCH3 is 1. The van der Waals surface area contributed by atoms with Crippen LogP contribution in [0.3, 0.4) is 0 Å². The maximum Gasteiger partial charge on any atom is 0.307 e. The standard InChI is InChI=1S/C15H19NO4/c1-11(17)16-8-4-3-5-12-6-7-13(10-15(18)19)14(9-12)20-2/h3,5-7,9H,4,8,10H2,1-2H3,(H,16,17)(H,18,19). The first kappa shape index (κ1) is 15.8. The van der Waals surface area contributed by atoms with Crippen molar-refractivity contribution in [3.05, 3.63) is 35.4 Å². The van der Waals surface area contributed by atoms with Crippen LogP contribution >= 0.6 is 0 Å². The van der Waals surface area contributed by atoms with Gasteiger partial charge in [0.1, 0.15) is 5.75 Å². The quantitative estimate of drug-likeness (QED) is 0.746. The number of carbonyl (C=O) groups is 2. The van der Waals surface area contributed by atoms with Crippen LogP contribution in [0.5, 0.6) is 5.75 Å². The van der Waals surface area contributed by atoms with Gasteiger partial charge < -0.3 is 15.2 Å². The monoisotopic (exact) mass is 277 g/mol. The van der Waals surface area contributed by atoms with Crippen LogP contribution < -0.4 is 10.1 Å². The molecule has 0 radical (unpaired) electrons. The molecule has 0 aromatic heterocycles. The van der Waals surface area contributed by atoms with Gasteiger partial charge in [-0.2, -0.15) is 0 Å². The van der Waals surface area contributed by atoms with Crippen LogP contribution in [0.15, 0.2) is 24.3 Å². The van der Waals surface area contributed by atoms with E-state index in [1.165, 1.54) is 14.0 Å². The van der Waals surface area contributed by atoms with Gasteiger partial charge in [0.05, 0.1) is 13.5 Å². The average Bonchev–Trinajstić information content (AvgIpc) is 2.38. The summed E-state index contributed by atoms with van der Waals surface area (Å²) in [6, 6.07) is 5.39. The number of amides is 1. The third-order valence-electron chi connectivity index (χ3n) is 2.65. The first-order chi connectivity index (χ1) is 9.52. The van der Waals surface area contributed by atoms with Crippen LogP contribution in [0, 0.1) is 0 Å². The van der Waals surface area contributed by atoms with E-state index < -0.39 is 5.97 Å². The molecule has 0 fully saturated rings. The van der Waals surface area contributed by atoms with Crippen molar-refractivity contribution in [2.24, 2.45) is 0 Å². The molecule has 1 rings (SSSR count). The number of carboxylic acid groups (broad SMARTS) is 1. The van der Waals surface area contributed by atoms with Crippen LogP contribution in [0.1, 0.15) is 24.5 Å². The van der Waals surface area contributed by atoms with Crippen LogP contribution in [0.2, 0.25) is 0 Å². The number of carbonyl (C=O) groups excluding carboxylic acids is 1. The number of hydrogen-bond donors (Lipinski definition) is 2. The third kappa shape index (κ3) is 5.56. The molecule has 0 saturated carbocycles. The van der Waals surface area contributed by atoms with Gasteiger partial charge in [-0.05, 0) is 18.1 Å². The molecule has 5 heteroatoms. The lowest BCUT2D eigenvalue weighted by Gasteiger charge is -2.07. The highest BCUT2D eigenvalue weighted by atomic mass is 16.5. The topological polar surface area (TPSA) is 75.6 Å². The predicted molar refractivity (Wildman–Crippen MR) is 76.7 cm³/mol. The molecule has 0 heterocycles. The fraction of sp³-hybridized carbons (Fsp3) is 0.333. The van der Waals surface area contributed by atoms with Crippen molar-refractivity contribution < 1.29 is 19.4 Å².